The number of nitrogens with zero attached hydrogens (tertiary/aromatic N) is 3. The lowest BCUT2D eigenvalue weighted by molar-refractivity contribution is -0.145. The van der Waals surface area contributed by atoms with E-state index in [4.69, 9.17) is 4.74 Å². The van der Waals surface area contributed by atoms with Gasteiger partial charge in [0.25, 0.3) is 5.91 Å². The van der Waals surface area contributed by atoms with Crippen LogP contribution in [0.3, 0.4) is 0 Å². The fraction of sp³-hybridized carbons (Fsp3) is 0.500. The average molecular weight is 348 g/mol. The number of carbonyl (C=O) groups excluding carboxylic acids is 2. The molecule has 1 aliphatic rings. The molecule has 0 aromatic carbocycles. The number of ether oxygens (including phenoxy) is 1. The van der Waals surface area contributed by atoms with Gasteiger partial charge < -0.3 is 4.74 Å². The number of nitrogens with one attached hydrogen (secondary N) is 1. The Labute approximate surface area is 144 Å². The Bertz CT molecular complexity index is 780. The summed E-state index contributed by atoms with van der Waals surface area (Å²) in [5.41, 5.74) is 2.04. The van der Waals surface area contributed by atoms with Crippen LogP contribution in [0.15, 0.2) is 6.07 Å². The van der Waals surface area contributed by atoms with Gasteiger partial charge in [0.1, 0.15) is 5.92 Å². The highest BCUT2D eigenvalue weighted by Crippen LogP contribution is 2.39. The molecule has 2 heterocycles. The van der Waals surface area contributed by atoms with E-state index in [1.807, 2.05) is 13.8 Å². The largest absolute Gasteiger partial charge is 0.465 e. The first-order valence-corrected chi connectivity index (χ1v) is 8.87. The SMILES string of the molecule is CCOC(=O)C1CCc2sc(NC(=O)c3cc(C)n(CC)n3)nc21. The maximum Gasteiger partial charge on any atom is 0.315 e. The van der Waals surface area contributed by atoms with Gasteiger partial charge in [-0.05, 0) is 39.7 Å². The molecule has 1 unspecified atom stereocenters. The molecule has 1 amide bonds. The van der Waals surface area contributed by atoms with E-state index in [9.17, 15) is 9.59 Å². The first-order chi connectivity index (χ1) is 11.5. The van der Waals surface area contributed by atoms with Crippen LogP contribution < -0.4 is 5.32 Å². The molecular formula is C16H20N4O3S. The number of carbonyl (C=O) groups is 2. The number of hydrogen-bond donors (Lipinski definition) is 1. The molecule has 2 aromatic heterocycles. The topological polar surface area (TPSA) is 86.1 Å². The molecule has 0 radical (unpaired) electrons. The highest BCUT2D eigenvalue weighted by Gasteiger charge is 2.33. The molecule has 1 atom stereocenters. The molecule has 2 aromatic rings. The van der Waals surface area contributed by atoms with Crippen molar-refractivity contribution in [1.29, 1.82) is 0 Å². The second kappa shape index (κ2) is 6.72. The third kappa shape index (κ3) is 3.06. The van der Waals surface area contributed by atoms with Crippen molar-refractivity contribution in [1.82, 2.24) is 14.8 Å². The number of thiazole rings is 1. The predicted octanol–water partition coefficient (Wildman–Crippen LogP) is 2.51. The van der Waals surface area contributed by atoms with Crippen molar-refractivity contribution >= 4 is 28.3 Å². The minimum atomic E-state index is -0.316. The summed E-state index contributed by atoms with van der Waals surface area (Å²) in [5, 5.41) is 7.55. The Kier molecular flexibility index (Phi) is 4.66. The minimum Gasteiger partial charge on any atom is -0.465 e. The van der Waals surface area contributed by atoms with Crippen molar-refractivity contribution in [3.05, 3.63) is 28.0 Å². The van der Waals surface area contributed by atoms with Crippen LogP contribution in [0, 0.1) is 6.92 Å². The lowest BCUT2D eigenvalue weighted by Gasteiger charge is -2.07. The van der Waals surface area contributed by atoms with Crippen molar-refractivity contribution < 1.29 is 14.3 Å². The molecule has 128 valence electrons. The fourth-order valence-corrected chi connectivity index (χ4v) is 3.89. The molecular weight excluding hydrogens is 328 g/mol. The molecule has 3 rings (SSSR count). The van der Waals surface area contributed by atoms with Gasteiger partial charge in [-0.1, -0.05) is 0 Å². The Morgan fingerprint density at radius 2 is 2.25 bits per heavy atom. The zero-order valence-electron chi connectivity index (χ0n) is 14.0. The van der Waals surface area contributed by atoms with E-state index in [2.05, 4.69) is 15.4 Å². The Balaban J connectivity index is 1.74. The van der Waals surface area contributed by atoms with E-state index < -0.39 is 0 Å². The number of anilines is 1. The van der Waals surface area contributed by atoms with E-state index in [1.165, 1.54) is 11.3 Å². The van der Waals surface area contributed by atoms with Gasteiger partial charge in [0, 0.05) is 17.1 Å². The summed E-state index contributed by atoms with van der Waals surface area (Å²) in [6.45, 7) is 6.75. The highest BCUT2D eigenvalue weighted by molar-refractivity contribution is 7.16. The monoisotopic (exact) mass is 348 g/mol. The van der Waals surface area contributed by atoms with Crippen molar-refractivity contribution in [2.45, 2.75) is 46.1 Å². The molecule has 0 fully saturated rings. The number of aromatic nitrogens is 3. The minimum absolute atomic E-state index is 0.239. The van der Waals surface area contributed by atoms with Crippen LogP contribution in [0.2, 0.25) is 0 Å². The first kappa shape index (κ1) is 16.6. The normalized spacial score (nSPS) is 16.0. The van der Waals surface area contributed by atoms with Gasteiger partial charge in [-0.3, -0.25) is 19.6 Å². The van der Waals surface area contributed by atoms with Crippen LogP contribution in [0.4, 0.5) is 5.13 Å². The maximum atomic E-state index is 12.3. The van der Waals surface area contributed by atoms with Crippen LogP contribution in [-0.4, -0.2) is 33.2 Å². The van der Waals surface area contributed by atoms with Crippen molar-refractivity contribution in [2.24, 2.45) is 0 Å². The summed E-state index contributed by atoms with van der Waals surface area (Å²) >= 11 is 1.42. The molecule has 1 aliphatic carbocycles. The van der Waals surface area contributed by atoms with E-state index in [1.54, 1.807) is 17.7 Å². The molecule has 0 saturated carbocycles. The quantitative estimate of drug-likeness (QED) is 0.839. The highest BCUT2D eigenvalue weighted by atomic mass is 32.1. The fourth-order valence-electron chi connectivity index (χ4n) is 2.86. The van der Waals surface area contributed by atoms with E-state index in [0.29, 0.717) is 24.0 Å². The Morgan fingerprint density at radius 1 is 1.46 bits per heavy atom. The van der Waals surface area contributed by atoms with Gasteiger partial charge in [0.15, 0.2) is 10.8 Å². The molecule has 24 heavy (non-hydrogen) atoms. The van der Waals surface area contributed by atoms with Crippen LogP contribution in [0.25, 0.3) is 0 Å². The van der Waals surface area contributed by atoms with Crippen molar-refractivity contribution in [3.63, 3.8) is 0 Å². The lowest BCUT2D eigenvalue weighted by atomic mass is 10.1. The Hall–Kier alpha value is -2.22. The van der Waals surface area contributed by atoms with Gasteiger partial charge in [-0.15, -0.1) is 11.3 Å². The molecule has 0 aliphatic heterocycles. The van der Waals surface area contributed by atoms with E-state index >= 15 is 0 Å². The Morgan fingerprint density at radius 3 is 2.92 bits per heavy atom. The van der Waals surface area contributed by atoms with Gasteiger partial charge >= 0.3 is 5.97 Å². The van der Waals surface area contributed by atoms with Crippen molar-refractivity contribution in [3.8, 4) is 0 Å². The molecule has 0 bridgehead atoms. The maximum absolute atomic E-state index is 12.3. The van der Waals surface area contributed by atoms with Crippen LogP contribution in [0.1, 0.15) is 52.9 Å². The second-order valence-electron chi connectivity index (χ2n) is 5.61. The van der Waals surface area contributed by atoms with Crippen LogP contribution in [-0.2, 0) is 22.5 Å². The van der Waals surface area contributed by atoms with Gasteiger partial charge in [-0.2, -0.15) is 5.10 Å². The predicted molar refractivity (Wildman–Crippen MR) is 90.4 cm³/mol. The van der Waals surface area contributed by atoms with Gasteiger partial charge in [-0.25, -0.2) is 4.98 Å². The summed E-state index contributed by atoms with van der Waals surface area (Å²) in [6, 6.07) is 1.75. The smallest absolute Gasteiger partial charge is 0.315 e. The number of esters is 1. The summed E-state index contributed by atoms with van der Waals surface area (Å²) in [4.78, 5) is 29.8. The molecule has 7 nitrogen and oxygen atoms in total. The number of fused-ring (bicyclic) bond motifs is 1. The number of rotatable bonds is 5. The first-order valence-electron chi connectivity index (χ1n) is 8.05. The summed E-state index contributed by atoms with van der Waals surface area (Å²) in [7, 11) is 0. The van der Waals surface area contributed by atoms with Gasteiger partial charge in [0.2, 0.25) is 0 Å². The average Bonchev–Trinajstić information content (AvgIpc) is 3.20. The van der Waals surface area contributed by atoms with Crippen LogP contribution in [0.5, 0.6) is 0 Å². The molecule has 8 heteroatoms. The summed E-state index contributed by atoms with van der Waals surface area (Å²) < 4.78 is 6.87. The number of amides is 1. The number of hydrogen-bond acceptors (Lipinski definition) is 6. The zero-order chi connectivity index (χ0) is 17.3. The molecule has 0 saturated heterocycles. The zero-order valence-corrected chi connectivity index (χ0v) is 14.8. The van der Waals surface area contributed by atoms with Crippen LogP contribution >= 0.6 is 11.3 Å². The second-order valence-corrected chi connectivity index (χ2v) is 6.70. The summed E-state index contributed by atoms with van der Waals surface area (Å²) in [6.07, 6.45) is 1.51. The third-order valence-corrected chi connectivity index (χ3v) is 5.07. The van der Waals surface area contributed by atoms with Gasteiger partial charge in [0.05, 0.1) is 12.3 Å². The third-order valence-electron chi connectivity index (χ3n) is 4.02. The lowest BCUT2D eigenvalue weighted by Crippen LogP contribution is -2.15. The summed E-state index contributed by atoms with van der Waals surface area (Å²) in [5.74, 6) is -0.842. The van der Waals surface area contributed by atoms with Crippen molar-refractivity contribution in [2.75, 3.05) is 11.9 Å². The standard InChI is InChI=1S/C16H20N4O3S/c1-4-20-9(3)8-11(19-20)14(21)18-16-17-13-10(15(22)23-5-2)6-7-12(13)24-16/h8,10H,4-7H2,1-3H3,(H,17,18,21). The van der Waals surface area contributed by atoms with E-state index in [0.717, 1.165) is 29.1 Å². The molecule has 0 spiro atoms. The van der Waals surface area contributed by atoms with E-state index in [-0.39, 0.29) is 17.8 Å². The molecule has 1 N–H and O–H groups in total. The number of aryl methyl sites for hydroxylation is 3.